The number of aromatic nitrogens is 2. The summed E-state index contributed by atoms with van der Waals surface area (Å²) in [6.07, 6.45) is 2.66. The molecule has 94 valence electrons. The molecule has 1 saturated heterocycles. The second kappa shape index (κ2) is 4.68. The Balaban J connectivity index is 2.02. The van der Waals surface area contributed by atoms with Crippen LogP contribution in [0.3, 0.4) is 0 Å². The first-order chi connectivity index (χ1) is 7.98. The highest BCUT2D eigenvalue weighted by molar-refractivity contribution is 7.16. The van der Waals surface area contributed by atoms with Crippen molar-refractivity contribution in [3.63, 3.8) is 0 Å². The predicted octanol–water partition coefficient (Wildman–Crippen LogP) is 1.00. The van der Waals surface area contributed by atoms with Crippen LogP contribution in [0, 0.1) is 15.5 Å². The number of nitrogens with zero attached hydrogens (tertiary/aromatic N) is 3. The van der Waals surface area contributed by atoms with E-state index in [2.05, 4.69) is 14.3 Å². The average Bonchev–Trinajstić information content (AvgIpc) is 2.71. The molecule has 1 aliphatic rings. The van der Waals surface area contributed by atoms with Gasteiger partial charge in [-0.05, 0) is 0 Å². The lowest BCUT2D eigenvalue weighted by Crippen LogP contribution is -2.40. The van der Waals surface area contributed by atoms with Crippen molar-refractivity contribution in [1.29, 1.82) is 0 Å². The third kappa shape index (κ3) is 3.00. The lowest BCUT2D eigenvalue weighted by Gasteiger charge is -2.35. The van der Waals surface area contributed by atoms with E-state index in [1.54, 1.807) is 4.68 Å². The zero-order valence-corrected chi connectivity index (χ0v) is 10.6. The first-order valence-electron chi connectivity index (χ1n) is 5.14. The van der Waals surface area contributed by atoms with E-state index in [0.29, 0.717) is 19.8 Å². The maximum atomic E-state index is 10.5. The van der Waals surface area contributed by atoms with Gasteiger partial charge in [-0.1, -0.05) is 16.2 Å². The molecule has 1 aromatic heterocycles. The fourth-order valence-corrected chi connectivity index (χ4v) is 1.86. The van der Waals surface area contributed by atoms with Crippen molar-refractivity contribution in [3.05, 3.63) is 22.5 Å². The minimum Gasteiger partial charge on any atom is -0.349 e. The van der Waals surface area contributed by atoms with Gasteiger partial charge in [0.15, 0.2) is 6.03 Å². The predicted molar refractivity (Wildman–Crippen MR) is 62.4 cm³/mol. The minimum atomic E-state index is -0.460. The van der Waals surface area contributed by atoms with Gasteiger partial charge in [0.05, 0.1) is 24.7 Å². The van der Waals surface area contributed by atoms with Gasteiger partial charge in [0.25, 0.3) is 0 Å². The summed E-state index contributed by atoms with van der Waals surface area (Å²) in [5.41, 5.74) is -0.220. The van der Waals surface area contributed by atoms with Crippen LogP contribution in [0.1, 0.15) is 6.92 Å². The molecule has 0 amide bonds. The van der Waals surface area contributed by atoms with Crippen molar-refractivity contribution >= 4 is 14.9 Å². The zero-order valence-electron chi connectivity index (χ0n) is 9.41. The maximum absolute atomic E-state index is 10.5. The van der Waals surface area contributed by atoms with Gasteiger partial charge in [-0.15, -0.1) is 0 Å². The molecule has 2 heterocycles. The van der Waals surface area contributed by atoms with Crippen LogP contribution in [0.15, 0.2) is 12.4 Å². The van der Waals surface area contributed by atoms with E-state index < -0.39 is 4.92 Å². The first-order valence-corrected chi connectivity index (χ1v) is 5.81. The van der Waals surface area contributed by atoms with Gasteiger partial charge in [-0.25, -0.2) is 0 Å². The fraction of sp³-hybridized carbons (Fsp3) is 0.667. The normalized spacial score (nSPS) is 29.2. The first kappa shape index (κ1) is 12.4. The van der Waals surface area contributed by atoms with E-state index in [9.17, 15) is 10.1 Å². The van der Waals surface area contributed by atoms with E-state index in [4.69, 9.17) is 9.47 Å². The summed E-state index contributed by atoms with van der Waals surface area (Å²) in [6, 6.07) is -0.268. The topological polar surface area (TPSA) is 79.4 Å². The number of ether oxygens (including phenoxy) is 2. The van der Waals surface area contributed by atoms with E-state index in [-0.39, 0.29) is 17.1 Å². The summed E-state index contributed by atoms with van der Waals surface area (Å²) < 4.78 is 12.3. The quantitative estimate of drug-likeness (QED) is 0.459. The van der Waals surface area contributed by atoms with Crippen LogP contribution in [-0.2, 0) is 16.0 Å². The van der Waals surface area contributed by atoms with Gasteiger partial charge >= 0.3 is 5.69 Å². The molecule has 1 aliphatic heterocycles. The third-order valence-electron chi connectivity index (χ3n) is 2.57. The molecule has 0 N–H and O–H groups in total. The highest BCUT2D eigenvalue weighted by Crippen LogP contribution is 2.28. The maximum Gasteiger partial charge on any atom is 0.306 e. The van der Waals surface area contributed by atoms with Crippen molar-refractivity contribution < 1.29 is 14.4 Å². The van der Waals surface area contributed by atoms with Crippen molar-refractivity contribution in [3.8, 4) is 0 Å². The molecule has 0 saturated carbocycles. The molecule has 17 heavy (non-hydrogen) atoms. The summed E-state index contributed by atoms with van der Waals surface area (Å²) in [7, 11) is 2.44. The van der Waals surface area contributed by atoms with Crippen molar-refractivity contribution in [2.75, 3.05) is 13.2 Å². The number of rotatable bonds is 3. The Bertz CT molecular complexity index is 414. The van der Waals surface area contributed by atoms with Crippen LogP contribution < -0.4 is 0 Å². The molecule has 0 aromatic carbocycles. The van der Waals surface area contributed by atoms with Gasteiger partial charge in [0.1, 0.15) is 12.4 Å². The van der Waals surface area contributed by atoms with Gasteiger partial charge in [-0.2, -0.15) is 5.10 Å². The minimum absolute atomic E-state index is 0.00447. The monoisotopic (exact) mass is 259 g/mol. The molecule has 0 bridgehead atoms. The summed E-state index contributed by atoms with van der Waals surface area (Å²) in [5, 5.41) is 14.5. The third-order valence-corrected chi connectivity index (χ3v) is 2.95. The molecular weight excluding hydrogens is 245 g/mol. The second-order valence-corrected chi connectivity index (χ2v) is 5.00. The molecule has 1 aromatic rings. The lowest BCUT2D eigenvalue weighted by atomic mass is 9.92. The Morgan fingerprint density at radius 2 is 2.35 bits per heavy atom. The van der Waals surface area contributed by atoms with Gasteiger partial charge in [-0.3, -0.25) is 14.8 Å². The van der Waals surface area contributed by atoms with Gasteiger partial charge < -0.3 is 9.47 Å². The molecular formula is C9H14N3O4P. The highest BCUT2D eigenvalue weighted by Gasteiger charge is 2.32. The van der Waals surface area contributed by atoms with E-state index in [1.165, 1.54) is 12.4 Å². The zero-order chi connectivity index (χ0) is 12.5. The summed E-state index contributed by atoms with van der Waals surface area (Å²) >= 11 is 0. The van der Waals surface area contributed by atoms with Crippen LogP contribution in [0.5, 0.6) is 0 Å². The van der Waals surface area contributed by atoms with Crippen LogP contribution in [-0.4, -0.2) is 33.9 Å². The van der Waals surface area contributed by atoms with Crippen molar-refractivity contribution in [1.82, 2.24) is 9.78 Å². The second-order valence-electron chi connectivity index (χ2n) is 4.45. The van der Waals surface area contributed by atoms with Gasteiger partial charge in [0, 0.05) is 5.41 Å². The molecule has 8 heteroatoms. The highest BCUT2D eigenvalue weighted by atomic mass is 31.0. The summed E-state index contributed by atoms with van der Waals surface area (Å²) in [5.74, 6) is 0. The SMILES string of the molecule is CC1(Cn2cc([N+](=O)[O-])cn2)COC(P)OC1. The fourth-order valence-electron chi connectivity index (χ4n) is 1.67. The van der Waals surface area contributed by atoms with Crippen LogP contribution >= 0.6 is 9.24 Å². The molecule has 1 fully saturated rings. The van der Waals surface area contributed by atoms with E-state index >= 15 is 0 Å². The number of hydrogen-bond acceptors (Lipinski definition) is 5. The smallest absolute Gasteiger partial charge is 0.306 e. The van der Waals surface area contributed by atoms with Crippen molar-refractivity contribution in [2.24, 2.45) is 5.41 Å². The molecule has 0 spiro atoms. The molecule has 1 atom stereocenters. The largest absolute Gasteiger partial charge is 0.349 e. The molecule has 0 radical (unpaired) electrons. The average molecular weight is 259 g/mol. The summed E-state index contributed by atoms with van der Waals surface area (Å²) in [4.78, 5) is 10.1. The Kier molecular flexibility index (Phi) is 3.42. The molecule has 7 nitrogen and oxygen atoms in total. The standard InChI is InChI=1S/C9H14N3O4P/c1-9(5-15-8(17)16-6-9)4-11-3-7(2-10-11)12(13)14/h2-3,8H,4-6,17H2,1H3. The summed E-state index contributed by atoms with van der Waals surface area (Å²) in [6.45, 7) is 3.60. The Labute approximate surface area is 100 Å². The molecule has 0 aliphatic carbocycles. The Hall–Kier alpha value is -1.04. The van der Waals surface area contributed by atoms with Gasteiger partial charge in [0.2, 0.25) is 0 Å². The van der Waals surface area contributed by atoms with Crippen molar-refractivity contribution in [2.45, 2.75) is 19.5 Å². The van der Waals surface area contributed by atoms with Crippen LogP contribution in [0.25, 0.3) is 0 Å². The Morgan fingerprint density at radius 3 is 2.88 bits per heavy atom. The van der Waals surface area contributed by atoms with Crippen LogP contribution in [0.2, 0.25) is 0 Å². The lowest BCUT2D eigenvalue weighted by molar-refractivity contribution is -0.385. The van der Waals surface area contributed by atoms with Crippen LogP contribution in [0.4, 0.5) is 5.69 Å². The van der Waals surface area contributed by atoms with E-state index in [0.717, 1.165) is 0 Å². The molecule has 2 rings (SSSR count). The Morgan fingerprint density at radius 1 is 1.71 bits per heavy atom. The number of nitro groups is 1. The molecule has 1 unspecified atom stereocenters. The number of hydrogen-bond donors (Lipinski definition) is 0. The van der Waals surface area contributed by atoms with E-state index in [1.807, 2.05) is 6.92 Å².